The number of aromatic nitrogens is 1. The van der Waals surface area contributed by atoms with Gasteiger partial charge >= 0.3 is 6.18 Å². The minimum absolute atomic E-state index is 0.00769. The fourth-order valence-electron chi connectivity index (χ4n) is 1.55. The number of Topliss-reactive ketones (excluding diaryl/α,β-unsaturated/α-hetero) is 1. The van der Waals surface area contributed by atoms with E-state index in [9.17, 15) is 18.0 Å². The number of pyridine rings is 1. The normalized spacial score (nSPS) is 11.2. The van der Waals surface area contributed by atoms with Crippen molar-refractivity contribution in [2.24, 2.45) is 0 Å². The third kappa shape index (κ3) is 3.14. The molecule has 20 heavy (non-hydrogen) atoms. The molecule has 1 aromatic heterocycles. The summed E-state index contributed by atoms with van der Waals surface area (Å²) in [5, 5.41) is 0. The molecule has 0 saturated carbocycles. The van der Waals surface area contributed by atoms with Crippen LogP contribution in [0.15, 0.2) is 42.6 Å². The first-order valence-corrected chi connectivity index (χ1v) is 5.69. The highest BCUT2D eigenvalue weighted by Crippen LogP contribution is 2.37. The summed E-state index contributed by atoms with van der Waals surface area (Å²) in [6.45, 7) is 1.37. The van der Waals surface area contributed by atoms with Gasteiger partial charge in [0.05, 0.1) is 5.56 Å². The highest BCUT2D eigenvalue weighted by molar-refractivity contribution is 5.93. The van der Waals surface area contributed by atoms with E-state index in [1.807, 2.05) is 0 Å². The van der Waals surface area contributed by atoms with Crippen molar-refractivity contribution in [1.82, 2.24) is 4.98 Å². The Bertz CT molecular complexity index is 621. The van der Waals surface area contributed by atoms with Crippen molar-refractivity contribution < 1.29 is 22.7 Å². The first kappa shape index (κ1) is 14.0. The summed E-state index contributed by atoms with van der Waals surface area (Å²) in [7, 11) is 0. The topological polar surface area (TPSA) is 39.2 Å². The van der Waals surface area contributed by atoms with Crippen LogP contribution in [0.1, 0.15) is 22.8 Å². The van der Waals surface area contributed by atoms with Gasteiger partial charge in [-0.25, -0.2) is 4.98 Å². The van der Waals surface area contributed by atoms with Gasteiger partial charge in [-0.05, 0) is 25.1 Å². The zero-order valence-electron chi connectivity index (χ0n) is 10.4. The summed E-state index contributed by atoms with van der Waals surface area (Å²) < 4.78 is 43.5. The van der Waals surface area contributed by atoms with Crippen LogP contribution in [0.2, 0.25) is 0 Å². The van der Waals surface area contributed by atoms with Crippen molar-refractivity contribution >= 4 is 5.78 Å². The molecule has 0 unspecified atom stereocenters. The van der Waals surface area contributed by atoms with E-state index >= 15 is 0 Å². The molecule has 0 fully saturated rings. The number of ether oxygens (including phenoxy) is 1. The second kappa shape index (κ2) is 5.32. The van der Waals surface area contributed by atoms with E-state index in [0.29, 0.717) is 5.56 Å². The van der Waals surface area contributed by atoms with E-state index in [4.69, 9.17) is 4.74 Å². The standard InChI is InChI=1S/C14H10F3NO2/c1-9(19)10-6-7-13(18-8-10)20-12-5-3-2-4-11(12)14(15,16)17/h2-8H,1H3. The SMILES string of the molecule is CC(=O)c1ccc(Oc2ccccc2C(F)(F)F)nc1. The highest BCUT2D eigenvalue weighted by Gasteiger charge is 2.34. The second-order valence-electron chi connectivity index (χ2n) is 4.04. The number of rotatable bonds is 3. The monoisotopic (exact) mass is 281 g/mol. The van der Waals surface area contributed by atoms with Gasteiger partial charge in [0.1, 0.15) is 5.75 Å². The lowest BCUT2D eigenvalue weighted by Gasteiger charge is -2.12. The summed E-state index contributed by atoms with van der Waals surface area (Å²) in [6.07, 6.45) is -3.25. The quantitative estimate of drug-likeness (QED) is 0.795. The van der Waals surface area contributed by atoms with Gasteiger partial charge in [-0.1, -0.05) is 12.1 Å². The van der Waals surface area contributed by atoms with Gasteiger partial charge in [-0.15, -0.1) is 0 Å². The van der Waals surface area contributed by atoms with Gasteiger partial charge in [0.25, 0.3) is 0 Å². The van der Waals surface area contributed by atoms with Crippen LogP contribution in [0.5, 0.6) is 11.6 Å². The third-order valence-corrected chi connectivity index (χ3v) is 2.55. The number of para-hydroxylation sites is 1. The number of hydrogen-bond acceptors (Lipinski definition) is 3. The molecule has 1 heterocycles. The molecule has 0 aliphatic rings. The second-order valence-corrected chi connectivity index (χ2v) is 4.04. The van der Waals surface area contributed by atoms with E-state index in [2.05, 4.69) is 4.98 Å². The Morgan fingerprint density at radius 3 is 2.40 bits per heavy atom. The lowest BCUT2D eigenvalue weighted by atomic mass is 10.2. The summed E-state index contributed by atoms with van der Waals surface area (Å²) in [4.78, 5) is 14.9. The lowest BCUT2D eigenvalue weighted by Crippen LogP contribution is -2.07. The van der Waals surface area contributed by atoms with Crippen molar-refractivity contribution in [2.45, 2.75) is 13.1 Å². The average Bonchev–Trinajstić information content (AvgIpc) is 2.38. The number of carbonyl (C=O) groups is 1. The summed E-state index contributed by atoms with van der Waals surface area (Å²) in [6, 6.07) is 7.66. The van der Waals surface area contributed by atoms with E-state index in [-0.39, 0.29) is 17.4 Å². The first-order valence-electron chi connectivity index (χ1n) is 5.69. The number of ketones is 1. The number of benzene rings is 1. The van der Waals surface area contributed by atoms with Crippen molar-refractivity contribution in [1.29, 1.82) is 0 Å². The smallest absolute Gasteiger partial charge is 0.419 e. The van der Waals surface area contributed by atoms with Crippen LogP contribution in [0.25, 0.3) is 0 Å². The lowest BCUT2D eigenvalue weighted by molar-refractivity contribution is -0.138. The van der Waals surface area contributed by atoms with Crippen LogP contribution in [-0.2, 0) is 6.18 Å². The summed E-state index contributed by atoms with van der Waals surface area (Å²) in [5.74, 6) is -0.519. The molecule has 0 bridgehead atoms. The number of nitrogens with zero attached hydrogens (tertiary/aromatic N) is 1. The Morgan fingerprint density at radius 2 is 1.85 bits per heavy atom. The minimum Gasteiger partial charge on any atom is -0.438 e. The minimum atomic E-state index is -4.50. The largest absolute Gasteiger partial charge is 0.438 e. The zero-order chi connectivity index (χ0) is 14.8. The Hall–Kier alpha value is -2.37. The Balaban J connectivity index is 2.28. The zero-order valence-corrected chi connectivity index (χ0v) is 10.4. The van der Waals surface area contributed by atoms with Crippen LogP contribution in [0, 0.1) is 0 Å². The Labute approximate surface area is 113 Å². The molecule has 0 amide bonds. The number of hydrogen-bond donors (Lipinski definition) is 0. The van der Waals surface area contributed by atoms with Crippen molar-refractivity contribution in [3.8, 4) is 11.6 Å². The van der Waals surface area contributed by atoms with E-state index < -0.39 is 11.7 Å². The molecule has 104 valence electrons. The molecule has 0 N–H and O–H groups in total. The van der Waals surface area contributed by atoms with E-state index in [1.54, 1.807) is 0 Å². The number of alkyl halides is 3. The molecule has 3 nitrogen and oxygen atoms in total. The molecular weight excluding hydrogens is 271 g/mol. The average molecular weight is 281 g/mol. The van der Waals surface area contributed by atoms with Crippen LogP contribution in [-0.4, -0.2) is 10.8 Å². The van der Waals surface area contributed by atoms with Crippen LogP contribution in [0.3, 0.4) is 0 Å². The molecule has 0 aliphatic carbocycles. The summed E-state index contributed by atoms with van der Waals surface area (Å²) >= 11 is 0. The molecule has 2 rings (SSSR count). The summed E-state index contributed by atoms with van der Waals surface area (Å²) in [5.41, 5.74) is -0.515. The van der Waals surface area contributed by atoms with Gasteiger partial charge in [0.2, 0.25) is 5.88 Å². The first-order chi connectivity index (χ1) is 9.38. The maximum absolute atomic E-state index is 12.8. The molecule has 0 radical (unpaired) electrons. The molecule has 2 aromatic rings. The van der Waals surface area contributed by atoms with Gasteiger partial charge in [-0.3, -0.25) is 4.79 Å². The van der Waals surface area contributed by atoms with Crippen molar-refractivity contribution in [2.75, 3.05) is 0 Å². The molecule has 0 atom stereocenters. The number of carbonyl (C=O) groups excluding carboxylic acids is 1. The van der Waals surface area contributed by atoms with Crippen molar-refractivity contribution in [3.63, 3.8) is 0 Å². The van der Waals surface area contributed by atoms with Crippen molar-refractivity contribution in [3.05, 3.63) is 53.7 Å². The molecule has 1 aromatic carbocycles. The highest BCUT2D eigenvalue weighted by atomic mass is 19.4. The Kier molecular flexibility index (Phi) is 3.74. The fraction of sp³-hybridized carbons (Fsp3) is 0.143. The third-order valence-electron chi connectivity index (χ3n) is 2.55. The molecule has 0 saturated heterocycles. The Morgan fingerprint density at radius 1 is 1.15 bits per heavy atom. The molecule has 0 spiro atoms. The van der Waals surface area contributed by atoms with E-state index in [0.717, 1.165) is 6.07 Å². The maximum Gasteiger partial charge on any atom is 0.419 e. The molecule has 0 aliphatic heterocycles. The number of halogens is 3. The van der Waals surface area contributed by atoms with Crippen LogP contribution >= 0.6 is 0 Å². The van der Waals surface area contributed by atoms with Crippen LogP contribution < -0.4 is 4.74 Å². The van der Waals surface area contributed by atoms with Gasteiger partial charge in [0.15, 0.2) is 5.78 Å². The van der Waals surface area contributed by atoms with E-state index in [1.165, 1.54) is 43.5 Å². The van der Waals surface area contributed by atoms with Gasteiger partial charge in [0, 0.05) is 17.8 Å². The molecular formula is C14H10F3NO2. The fourth-order valence-corrected chi connectivity index (χ4v) is 1.55. The van der Waals surface area contributed by atoms with Gasteiger partial charge in [-0.2, -0.15) is 13.2 Å². The maximum atomic E-state index is 12.8. The predicted molar refractivity (Wildman–Crippen MR) is 65.8 cm³/mol. The molecule has 6 heteroatoms. The van der Waals surface area contributed by atoms with Gasteiger partial charge < -0.3 is 4.74 Å². The van der Waals surface area contributed by atoms with Crippen LogP contribution in [0.4, 0.5) is 13.2 Å². The predicted octanol–water partition coefficient (Wildman–Crippen LogP) is 4.10.